The Kier molecular flexibility index (Phi) is 6.09. The monoisotopic (exact) mass is 460 g/mol. The van der Waals surface area contributed by atoms with E-state index in [0.29, 0.717) is 0 Å². The summed E-state index contributed by atoms with van der Waals surface area (Å²) in [6, 6.07) is 16.1. The molecule has 0 radical (unpaired) electrons. The van der Waals surface area contributed by atoms with Crippen molar-refractivity contribution in [3.63, 3.8) is 0 Å². The number of hydrogen-bond acceptors (Lipinski definition) is 4. The summed E-state index contributed by atoms with van der Waals surface area (Å²) in [5.74, 6) is -1.05. The summed E-state index contributed by atoms with van der Waals surface area (Å²) in [5.41, 5.74) is 4.66. The average Bonchev–Trinajstić information content (AvgIpc) is 3.52. The summed E-state index contributed by atoms with van der Waals surface area (Å²) in [6.45, 7) is 0.383. The van der Waals surface area contributed by atoms with Gasteiger partial charge in [0.2, 0.25) is 5.91 Å². The molecule has 2 saturated carbocycles. The number of hydrogen-bond donors (Lipinski definition) is 3. The first-order valence-electron chi connectivity index (χ1n) is 11.8. The van der Waals surface area contributed by atoms with Gasteiger partial charge in [-0.25, -0.2) is 9.59 Å². The number of carboxylic acids is 1. The molecule has 4 atom stereocenters. The van der Waals surface area contributed by atoms with Crippen molar-refractivity contribution in [2.75, 3.05) is 13.2 Å². The van der Waals surface area contributed by atoms with E-state index in [9.17, 15) is 14.4 Å². The smallest absolute Gasteiger partial charge is 0.407 e. The summed E-state index contributed by atoms with van der Waals surface area (Å²) >= 11 is 0. The van der Waals surface area contributed by atoms with E-state index in [2.05, 4.69) is 34.9 Å². The number of aliphatic carboxylic acids is 1. The van der Waals surface area contributed by atoms with Crippen LogP contribution in [0.1, 0.15) is 36.3 Å². The minimum absolute atomic E-state index is 0.0155. The van der Waals surface area contributed by atoms with Crippen molar-refractivity contribution in [3.05, 3.63) is 71.8 Å². The SMILES string of the molecule is O=C(O)/C=C/CNC(=O)C1C2CCC(C2)C1NC(=O)OCC1c2ccccc2-c2ccccc21. The number of carbonyl (C=O) groups is 3. The molecule has 3 N–H and O–H groups in total. The highest BCUT2D eigenvalue weighted by molar-refractivity contribution is 5.83. The third kappa shape index (κ3) is 4.18. The van der Waals surface area contributed by atoms with Crippen molar-refractivity contribution < 1.29 is 24.2 Å². The van der Waals surface area contributed by atoms with Gasteiger partial charge in [0, 0.05) is 24.6 Å². The molecule has 0 heterocycles. The number of amides is 2. The van der Waals surface area contributed by atoms with E-state index in [1.807, 2.05) is 24.3 Å². The topological polar surface area (TPSA) is 105 Å². The molecular formula is C27H28N2O5. The van der Waals surface area contributed by atoms with Gasteiger partial charge >= 0.3 is 12.1 Å². The minimum atomic E-state index is -1.05. The fraction of sp³-hybridized carbons (Fsp3) is 0.370. The molecule has 7 nitrogen and oxygen atoms in total. The number of alkyl carbamates (subject to hydrolysis) is 1. The average molecular weight is 461 g/mol. The lowest BCUT2D eigenvalue weighted by Gasteiger charge is -2.30. The lowest BCUT2D eigenvalue weighted by atomic mass is 9.84. The van der Waals surface area contributed by atoms with Gasteiger partial charge in [-0.1, -0.05) is 54.6 Å². The third-order valence-corrected chi connectivity index (χ3v) is 7.50. The van der Waals surface area contributed by atoms with E-state index < -0.39 is 12.1 Å². The number of carboxylic acid groups (broad SMARTS) is 1. The molecule has 3 aliphatic carbocycles. The number of carbonyl (C=O) groups excluding carboxylic acids is 2. The van der Waals surface area contributed by atoms with E-state index >= 15 is 0 Å². The molecule has 2 bridgehead atoms. The standard InChI is InChI=1S/C27H28N2O5/c30-23(31)10-5-13-28-26(32)24-16-11-12-17(14-16)25(24)29-27(33)34-15-22-20-8-3-1-6-18(20)19-7-2-4-9-21(19)22/h1-10,16-17,22,24-25H,11-15H2,(H,28,32)(H,29,33)(H,30,31)/b10-5+. The van der Waals surface area contributed by atoms with Crippen LogP contribution < -0.4 is 10.6 Å². The van der Waals surface area contributed by atoms with Crippen LogP contribution in [0.4, 0.5) is 4.79 Å². The Balaban J connectivity index is 1.22. The van der Waals surface area contributed by atoms with Crippen LogP contribution in [0.25, 0.3) is 11.1 Å². The maximum Gasteiger partial charge on any atom is 0.407 e. The number of ether oxygens (including phenoxy) is 1. The molecule has 3 aliphatic rings. The van der Waals surface area contributed by atoms with Gasteiger partial charge < -0.3 is 20.5 Å². The molecule has 0 aromatic heterocycles. The van der Waals surface area contributed by atoms with Gasteiger partial charge in [0.05, 0.1) is 5.92 Å². The highest BCUT2D eigenvalue weighted by Crippen LogP contribution is 2.49. The Labute approximate surface area is 198 Å². The molecule has 176 valence electrons. The van der Waals surface area contributed by atoms with Crippen molar-refractivity contribution >= 4 is 18.0 Å². The van der Waals surface area contributed by atoms with Crippen LogP contribution in [0, 0.1) is 17.8 Å². The fourth-order valence-electron chi connectivity index (χ4n) is 6.09. The number of fused-ring (bicyclic) bond motifs is 5. The Morgan fingerprint density at radius 1 is 0.971 bits per heavy atom. The van der Waals surface area contributed by atoms with E-state index in [4.69, 9.17) is 9.84 Å². The first-order valence-corrected chi connectivity index (χ1v) is 11.8. The van der Waals surface area contributed by atoms with Gasteiger partial charge in [-0.05, 0) is 53.4 Å². The quantitative estimate of drug-likeness (QED) is 0.547. The van der Waals surface area contributed by atoms with E-state index in [-0.39, 0.29) is 48.8 Å². The molecule has 0 aliphatic heterocycles. The zero-order chi connectivity index (χ0) is 23.7. The largest absolute Gasteiger partial charge is 0.478 e. The van der Waals surface area contributed by atoms with Gasteiger partial charge in [-0.3, -0.25) is 4.79 Å². The molecule has 4 unspecified atom stereocenters. The van der Waals surface area contributed by atoms with Crippen molar-refractivity contribution in [2.24, 2.45) is 17.8 Å². The van der Waals surface area contributed by atoms with Crippen molar-refractivity contribution in [1.82, 2.24) is 10.6 Å². The second kappa shape index (κ2) is 9.33. The van der Waals surface area contributed by atoms with Crippen LogP contribution >= 0.6 is 0 Å². The first kappa shape index (κ1) is 22.2. The van der Waals surface area contributed by atoms with Crippen LogP contribution in [0.2, 0.25) is 0 Å². The molecular weight excluding hydrogens is 432 g/mol. The molecule has 2 aromatic carbocycles. The minimum Gasteiger partial charge on any atom is -0.478 e. The predicted octanol–water partition coefficient (Wildman–Crippen LogP) is 3.70. The molecule has 2 fully saturated rings. The normalized spacial score (nSPS) is 24.6. The van der Waals surface area contributed by atoms with E-state index in [0.717, 1.165) is 36.5 Å². The van der Waals surface area contributed by atoms with E-state index in [1.54, 1.807) is 0 Å². The van der Waals surface area contributed by atoms with Crippen LogP contribution in [0.3, 0.4) is 0 Å². The Morgan fingerprint density at radius 2 is 1.62 bits per heavy atom. The molecule has 34 heavy (non-hydrogen) atoms. The third-order valence-electron chi connectivity index (χ3n) is 7.50. The van der Waals surface area contributed by atoms with Gasteiger partial charge in [0.15, 0.2) is 0 Å². The highest BCUT2D eigenvalue weighted by Gasteiger charge is 2.51. The molecule has 0 saturated heterocycles. The highest BCUT2D eigenvalue weighted by atomic mass is 16.5. The molecule has 5 rings (SSSR count). The molecule has 0 spiro atoms. The second-order valence-corrected chi connectivity index (χ2v) is 9.34. The zero-order valence-corrected chi connectivity index (χ0v) is 18.8. The summed E-state index contributed by atoms with van der Waals surface area (Å²) in [6.07, 6.45) is 4.79. The second-order valence-electron chi connectivity index (χ2n) is 9.34. The summed E-state index contributed by atoms with van der Waals surface area (Å²) in [5, 5.41) is 14.5. The van der Waals surface area contributed by atoms with Gasteiger partial charge in [0.25, 0.3) is 0 Å². The van der Waals surface area contributed by atoms with Crippen molar-refractivity contribution in [2.45, 2.75) is 31.2 Å². The number of benzene rings is 2. The van der Waals surface area contributed by atoms with Gasteiger partial charge in [0.1, 0.15) is 6.61 Å². The Bertz CT molecular complexity index is 1100. The summed E-state index contributed by atoms with van der Waals surface area (Å²) in [7, 11) is 0. The molecule has 7 heteroatoms. The van der Waals surface area contributed by atoms with Crippen molar-refractivity contribution in [1.29, 1.82) is 0 Å². The first-order chi connectivity index (χ1) is 16.5. The lowest BCUT2D eigenvalue weighted by molar-refractivity contribution is -0.131. The van der Waals surface area contributed by atoms with Crippen LogP contribution in [0.15, 0.2) is 60.7 Å². The molecule has 2 aromatic rings. The predicted molar refractivity (Wildman–Crippen MR) is 126 cm³/mol. The zero-order valence-electron chi connectivity index (χ0n) is 18.8. The maximum absolute atomic E-state index is 12.8. The van der Waals surface area contributed by atoms with Crippen molar-refractivity contribution in [3.8, 4) is 11.1 Å². The summed E-state index contributed by atoms with van der Waals surface area (Å²) in [4.78, 5) is 36.3. The number of rotatable bonds is 7. The Hall–Kier alpha value is -3.61. The summed E-state index contributed by atoms with van der Waals surface area (Å²) < 4.78 is 5.70. The van der Waals surface area contributed by atoms with E-state index in [1.165, 1.54) is 17.2 Å². The number of nitrogens with one attached hydrogen (secondary N) is 2. The van der Waals surface area contributed by atoms with Crippen LogP contribution in [-0.4, -0.2) is 42.3 Å². The van der Waals surface area contributed by atoms with Crippen LogP contribution in [-0.2, 0) is 14.3 Å². The van der Waals surface area contributed by atoms with Crippen LogP contribution in [0.5, 0.6) is 0 Å². The lowest BCUT2D eigenvalue weighted by Crippen LogP contribution is -2.50. The maximum atomic E-state index is 12.8. The Morgan fingerprint density at radius 3 is 2.29 bits per heavy atom. The van der Waals surface area contributed by atoms with Gasteiger partial charge in [-0.2, -0.15) is 0 Å². The fourth-order valence-corrected chi connectivity index (χ4v) is 6.09. The molecule has 2 amide bonds. The van der Waals surface area contributed by atoms with Gasteiger partial charge in [-0.15, -0.1) is 0 Å².